The summed E-state index contributed by atoms with van der Waals surface area (Å²) in [6.45, 7) is 13.7. The lowest BCUT2D eigenvalue weighted by molar-refractivity contribution is 0.451. The Labute approximate surface area is 152 Å². The molecule has 0 atom stereocenters. The monoisotopic (exact) mass is 334 g/mol. The third-order valence-corrected chi connectivity index (χ3v) is 4.97. The molecule has 0 bridgehead atoms. The van der Waals surface area contributed by atoms with Crippen molar-refractivity contribution in [3.8, 4) is 5.75 Å². The van der Waals surface area contributed by atoms with Gasteiger partial charge in [0.2, 0.25) is 0 Å². The first-order chi connectivity index (χ1) is 11.7. The second kappa shape index (κ2) is 6.37. The minimum atomic E-state index is 0.0520. The summed E-state index contributed by atoms with van der Waals surface area (Å²) in [6, 6.07) is 15.3. The van der Waals surface area contributed by atoms with Crippen LogP contribution >= 0.6 is 0 Å². The molecular formula is C24H30O. The van der Waals surface area contributed by atoms with E-state index in [9.17, 15) is 0 Å². The van der Waals surface area contributed by atoms with Gasteiger partial charge in [-0.15, -0.1) is 0 Å². The van der Waals surface area contributed by atoms with E-state index in [4.69, 9.17) is 4.74 Å². The third-order valence-electron chi connectivity index (χ3n) is 4.97. The Morgan fingerprint density at radius 2 is 1.48 bits per heavy atom. The number of ether oxygens (including phenoxy) is 1. The van der Waals surface area contributed by atoms with Crippen LogP contribution in [0.5, 0.6) is 5.75 Å². The van der Waals surface area contributed by atoms with E-state index >= 15 is 0 Å². The Balaban J connectivity index is 2.07. The number of fused-ring (bicyclic) bond motifs is 1. The van der Waals surface area contributed by atoms with Gasteiger partial charge >= 0.3 is 0 Å². The lowest BCUT2D eigenvalue weighted by Gasteiger charge is -2.28. The van der Waals surface area contributed by atoms with Gasteiger partial charge in [-0.1, -0.05) is 84.0 Å². The first kappa shape index (κ1) is 17.8. The van der Waals surface area contributed by atoms with E-state index < -0.39 is 0 Å². The van der Waals surface area contributed by atoms with Crippen molar-refractivity contribution in [1.29, 1.82) is 0 Å². The topological polar surface area (TPSA) is 9.23 Å². The van der Waals surface area contributed by atoms with Crippen molar-refractivity contribution in [2.45, 2.75) is 65.2 Å². The lowest BCUT2D eigenvalue weighted by atomic mass is 9.78. The smallest absolute Gasteiger partial charge is 0.133 e. The number of hydrogen-bond donors (Lipinski definition) is 0. The van der Waals surface area contributed by atoms with Crippen LogP contribution in [0.3, 0.4) is 0 Å². The SMILES string of the molecule is CC(C)(C)c1cc2c(c(C(C)(C)C)c1)OC=C(c1ccccc1)CC2. The molecule has 132 valence electrons. The van der Waals surface area contributed by atoms with Gasteiger partial charge in [0.1, 0.15) is 5.75 Å². The largest absolute Gasteiger partial charge is 0.464 e. The van der Waals surface area contributed by atoms with E-state index in [1.807, 2.05) is 6.26 Å². The summed E-state index contributed by atoms with van der Waals surface area (Å²) in [6.07, 6.45) is 3.99. The molecule has 3 rings (SSSR count). The van der Waals surface area contributed by atoms with E-state index in [0.717, 1.165) is 18.6 Å². The summed E-state index contributed by atoms with van der Waals surface area (Å²) in [4.78, 5) is 0. The molecule has 2 aromatic rings. The van der Waals surface area contributed by atoms with Crippen LogP contribution in [0, 0.1) is 0 Å². The molecule has 0 aromatic heterocycles. The zero-order valence-corrected chi connectivity index (χ0v) is 16.4. The van der Waals surface area contributed by atoms with E-state index in [2.05, 4.69) is 84.0 Å². The summed E-state index contributed by atoms with van der Waals surface area (Å²) >= 11 is 0. The number of benzene rings is 2. The van der Waals surface area contributed by atoms with E-state index in [1.54, 1.807) is 0 Å². The first-order valence-corrected chi connectivity index (χ1v) is 9.25. The molecule has 25 heavy (non-hydrogen) atoms. The molecule has 1 heteroatoms. The lowest BCUT2D eigenvalue weighted by Crippen LogP contribution is -2.18. The van der Waals surface area contributed by atoms with Crippen molar-refractivity contribution in [1.82, 2.24) is 0 Å². The van der Waals surface area contributed by atoms with Crippen LogP contribution < -0.4 is 4.74 Å². The van der Waals surface area contributed by atoms with Gasteiger partial charge in [-0.05, 0) is 45.9 Å². The molecule has 0 N–H and O–H groups in total. The molecule has 1 nitrogen and oxygen atoms in total. The van der Waals surface area contributed by atoms with Gasteiger partial charge in [0, 0.05) is 5.56 Å². The maximum absolute atomic E-state index is 6.28. The predicted octanol–water partition coefficient (Wildman–Crippen LogP) is 6.65. The van der Waals surface area contributed by atoms with Gasteiger partial charge < -0.3 is 4.74 Å². The fraction of sp³-hybridized carbons (Fsp3) is 0.417. The summed E-state index contributed by atoms with van der Waals surface area (Å²) in [5.41, 5.74) is 6.74. The van der Waals surface area contributed by atoms with Crippen molar-refractivity contribution in [3.05, 3.63) is 71.0 Å². The van der Waals surface area contributed by atoms with Gasteiger partial charge in [0.25, 0.3) is 0 Å². The van der Waals surface area contributed by atoms with Crippen molar-refractivity contribution in [2.24, 2.45) is 0 Å². The maximum atomic E-state index is 6.28. The van der Waals surface area contributed by atoms with Crippen LogP contribution in [0.25, 0.3) is 5.57 Å². The van der Waals surface area contributed by atoms with Crippen LogP contribution in [-0.2, 0) is 17.3 Å². The van der Waals surface area contributed by atoms with Crippen molar-refractivity contribution >= 4 is 5.57 Å². The molecular weight excluding hydrogens is 304 g/mol. The average Bonchev–Trinajstić information content (AvgIpc) is 2.75. The molecule has 0 fully saturated rings. The zero-order valence-electron chi connectivity index (χ0n) is 16.4. The second-order valence-electron chi connectivity index (χ2n) is 9.14. The van der Waals surface area contributed by atoms with E-state index in [-0.39, 0.29) is 10.8 Å². The highest BCUT2D eigenvalue weighted by atomic mass is 16.5. The average molecular weight is 335 g/mol. The maximum Gasteiger partial charge on any atom is 0.133 e. The standard InChI is InChI=1S/C24H30O/c1-23(2,3)20-14-18-12-13-19(17-10-8-7-9-11-17)16-25-22(18)21(15-20)24(4,5)6/h7-11,14-16H,12-13H2,1-6H3. The van der Waals surface area contributed by atoms with Gasteiger partial charge in [0.05, 0.1) is 6.26 Å². The summed E-state index contributed by atoms with van der Waals surface area (Å²) < 4.78 is 6.28. The molecule has 1 heterocycles. The van der Waals surface area contributed by atoms with Gasteiger partial charge in [-0.25, -0.2) is 0 Å². The summed E-state index contributed by atoms with van der Waals surface area (Å²) in [7, 11) is 0. The first-order valence-electron chi connectivity index (χ1n) is 9.25. The molecule has 2 aromatic carbocycles. The van der Waals surface area contributed by atoms with Crippen LogP contribution in [0.2, 0.25) is 0 Å². The van der Waals surface area contributed by atoms with Gasteiger partial charge in [-0.3, -0.25) is 0 Å². The Morgan fingerprint density at radius 1 is 0.800 bits per heavy atom. The van der Waals surface area contributed by atoms with E-state index in [1.165, 1.54) is 27.8 Å². The molecule has 0 spiro atoms. The Bertz CT molecular complexity index is 783. The second-order valence-corrected chi connectivity index (χ2v) is 9.14. The minimum Gasteiger partial charge on any atom is -0.464 e. The van der Waals surface area contributed by atoms with Crippen LogP contribution in [0.15, 0.2) is 48.7 Å². The highest BCUT2D eigenvalue weighted by Gasteiger charge is 2.27. The Hall–Kier alpha value is -2.02. The fourth-order valence-electron chi connectivity index (χ4n) is 3.33. The number of allylic oxidation sites excluding steroid dienone is 1. The molecule has 0 amide bonds. The van der Waals surface area contributed by atoms with Gasteiger partial charge in [-0.2, -0.15) is 0 Å². The minimum absolute atomic E-state index is 0.0520. The Kier molecular flexibility index (Phi) is 4.53. The normalized spacial score (nSPS) is 15.0. The van der Waals surface area contributed by atoms with Crippen molar-refractivity contribution < 1.29 is 4.74 Å². The molecule has 0 aliphatic carbocycles. The highest BCUT2D eigenvalue weighted by molar-refractivity contribution is 5.67. The molecule has 0 saturated heterocycles. The molecule has 1 aliphatic rings. The number of rotatable bonds is 1. The molecule has 1 aliphatic heterocycles. The summed E-state index contributed by atoms with van der Waals surface area (Å²) in [5, 5.41) is 0. The van der Waals surface area contributed by atoms with Crippen LogP contribution in [0.4, 0.5) is 0 Å². The highest BCUT2D eigenvalue weighted by Crippen LogP contribution is 2.41. The van der Waals surface area contributed by atoms with Crippen molar-refractivity contribution in [2.75, 3.05) is 0 Å². The summed E-state index contributed by atoms with van der Waals surface area (Å²) in [5.74, 6) is 1.06. The molecule has 0 unspecified atom stereocenters. The zero-order chi connectivity index (χ0) is 18.2. The van der Waals surface area contributed by atoms with Gasteiger partial charge in [0.15, 0.2) is 0 Å². The number of aryl methyl sites for hydroxylation is 1. The fourth-order valence-corrected chi connectivity index (χ4v) is 3.33. The predicted molar refractivity (Wildman–Crippen MR) is 107 cm³/mol. The number of hydrogen-bond acceptors (Lipinski definition) is 1. The third kappa shape index (κ3) is 3.81. The molecule has 0 radical (unpaired) electrons. The molecule has 0 saturated carbocycles. The quantitative estimate of drug-likeness (QED) is 0.567. The van der Waals surface area contributed by atoms with Crippen LogP contribution in [-0.4, -0.2) is 0 Å². The van der Waals surface area contributed by atoms with Crippen molar-refractivity contribution in [3.63, 3.8) is 0 Å². The Morgan fingerprint density at radius 3 is 2.08 bits per heavy atom. The van der Waals surface area contributed by atoms with Crippen LogP contribution in [0.1, 0.15) is 70.2 Å². The van der Waals surface area contributed by atoms with E-state index in [0.29, 0.717) is 0 Å².